The normalized spacial score (nSPS) is 9.91. The van der Waals surface area contributed by atoms with E-state index < -0.39 is 11.9 Å². The van der Waals surface area contributed by atoms with Gasteiger partial charge in [-0.15, -0.1) is 0 Å². The van der Waals surface area contributed by atoms with Crippen LogP contribution in [0.5, 0.6) is 5.75 Å². The Hall–Kier alpha value is -2.12. The minimum absolute atomic E-state index is 0.516. The second-order valence-corrected chi connectivity index (χ2v) is 4.99. The van der Waals surface area contributed by atoms with Crippen molar-refractivity contribution in [3.63, 3.8) is 0 Å². The molecule has 0 spiro atoms. The number of rotatable bonds is 8. The van der Waals surface area contributed by atoms with Gasteiger partial charge in [0.05, 0.1) is 13.2 Å². The fourth-order valence-corrected chi connectivity index (χ4v) is 1.37. The summed E-state index contributed by atoms with van der Waals surface area (Å²) in [6, 6.07) is 8.57. The number of ether oxygens (including phenoxy) is 2. The van der Waals surface area contributed by atoms with Crippen LogP contribution >= 0.6 is 0 Å². The van der Waals surface area contributed by atoms with Gasteiger partial charge < -0.3 is 25.0 Å². The predicted molar refractivity (Wildman–Crippen MR) is 85.9 cm³/mol. The average Bonchev–Trinajstić information content (AvgIpc) is 2.48. The summed E-state index contributed by atoms with van der Waals surface area (Å²) < 4.78 is 11.0. The molecule has 0 aliphatic carbocycles. The first-order chi connectivity index (χ1) is 10.8. The Morgan fingerprint density at radius 1 is 1.04 bits per heavy atom. The van der Waals surface area contributed by atoms with Gasteiger partial charge in [-0.2, -0.15) is 0 Å². The molecule has 0 amide bonds. The van der Waals surface area contributed by atoms with Crippen LogP contribution in [0.15, 0.2) is 24.3 Å². The standard InChI is InChI=1S/C14H23NO2.C2H2O4/c1-12(2)15-8-9-16-10-11-17-14-6-4-13(3)5-7-14;3-1(4)2(5)6/h4-7,12,15H,8-11H2,1-3H3;(H,3,4)(H,5,6). The largest absolute Gasteiger partial charge is 0.491 e. The van der Waals surface area contributed by atoms with Crippen molar-refractivity contribution >= 4 is 11.9 Å². The summed E-state index contributed by atoms with van der Waals surface area (Å²) >= 11 is 0. The molecule has 0 radical (unpaired) electrons. The van der Waals surface area contributed by atoms with Gasteiger partial charge in [-0.3, -0.25) is 0 Å². The van der Waals surface area contributed by atoms with Crippen molar-refractivity contribution < 1.29 is 29.3 Å². The third-order valence-electron chi connectivity index (χ3n) is 2.50. The maximum Gasteiger partial charge on any atom is 0.414 e. The third-order valence-corrected chi connectivity index (χ3v) is 2.50. The first-order valence-electron chi connectivity index (χ1n) is 7.29. The molecule has 1 rings (SSSR count). The SMILES string of the molecule is Cc1ccc(OCCOCCNC(C)C)cc1.O=C(O)C(=O)O. The monoisotopic (exact) mass is 327 g/mol. The molecule has 7 nitrogen and oxygen atoms in total. The molecule has 0 saturated carbocycles. The summed E-state index contributed by atoms with van der Waals surface area (Å²) in [5.41, 5.74) is 1.24. The van der Waals surface area contributed by atoms with E-state index in [0.717, 1.165) is 18.9 Å². The lowest BCUT2D eigenvalue weighted by Gasteiger charge is -2.09. The van der Waals surface area contributed by atoms with Crippen molar-refractivity contribution in [1.82, 2.24) is 5.32 Å². The molecule has 0 aliphatic heterocycles. The van der Waals surface area contributed by atoms with Gasteiger partial charge in [0.25, 0.3) is 0 Å². The Bertz CT molecular complexity index is 446. The highest BCUT2D eigenvalue weighted by Gasteiger charge is 2.04. The Kier molecular flexibility index (Phi) is 11.3. The summed E-state index contributed by atoms with van der Waals surface area (Å²) in [5.74, 6) is -2.75. The smallest absolute Gasteiger partial charge is 0.414 e. The molecule has 3 N–H and O–H groups in total. The van der Waals surface area contributed by atoms with Crippen LogP contribution < -0.4 is 10.1 Å². The summed E-state index contributed by atoms with van der Waals surface area (Å²) in [6.45, 7) is 9.17. The molecule has 0 heterocycles. The molecule has 0 bridgehead atoms. The van der Waals surface area contributed by atoms with Gasteiger partial charge in [0.1, 0.15) is 12.4 Å². The molecule has 0 aromatic heterocycles. The topological polar surface area (TPSA) is 105 Å². The van der Waals surface area contributed by atoms with Crippen molar-refractivity contribution in [2.45, 2.75) is 26.8 Å². The van der Waals surface area contributed by atoms with Crippen molar-refractivity contribution in [1.29, 1.82) is 0 Å². The molecule has 0 unspecified atom stereocenters. The molecule has 130 valence electrons. The van der Waals surface area contributed by atoms with Crippen LogP contribution in [0.3, 0.4) is 0 Å². The van der Waals surface area contributed by atoms with E-state index in [0.29, 0.717) is 19.3 Å². The summed E-state index contributed by atoms with van der Waals surface area (Å²) in [5, 5.41) is 18.1. The van der Waals surface area contributed by atoms with Crippen LogP contribution in [0.2, 0.25) is 0 Å². The van der Waals surface area contributed by atoms with Gasteiger partial charge in [0, 0.05) is 12.6 Å². The fourth-order valence-electron chi connectivity index (χ4n) is 1.37. The molecule has 23 heavy (non-hydrogen) atoms. The van der Waals surface area contributed by atoms with E-state index in [1.54, 1.807) is 0 Å². The third kappa shape index (κ3) is 13.3. The average molecular weight is 327 g/mol. The second-order valence-electron chi connectivity index (χ2n) is 4.99. The van der Waals surface area contributed by atoms with Crippen LogP contribution in [-0.2, 0) is 14.3 Å². The number of carbonyl (C=O) groups is 2. The Morgan fingerprint density at radius 3 is 2.09 bits per heavy atom. The number of hydrogen-bond acceptors (Lipinski definition) is 5. The van der Waals surface area contributed by atoms with Crippen molar-refractivity contribution in [2.75, 3.05) is 26.4 Å². The lowest BCUT2D eigenvalue weighted by molar-refractivity contribution is -0.159. The number of hydrogen-bond donors (Lipinski definition) is 3. The maximum atomic E-state index is 9.10. The first kappa shape index (κ1) is 20.9. The first-order valence-corrected chi connectivity index (χ1v) is 7.29. The minimum atomic E-state index is -1.82. The van der Waals surface area contributed by atoms with E-state index in [1.807, 2.05) is 24.3 Å². The van der Waals surface area contributed by atoms with Crippen molar-refractivity contribution in [3.05, 3.63) is 29.8 Å². The van der Waals surface area contributed by atoms with E-state index in [9.17, 15) is 0 Å². The quantitative estimate of drug-likeness (QED) is 0.491. The zero-order valence-electron chi connectivity index (χ0n) is 13.7. The van der Waals surface area contributed by atoms with Crippen LogP contribution in [-0.4, -0.2) is 54.6 Å². The number of aryl methyl sites for hydroxylation is 1. The molecule has 1 aromatic rings. The summed E-state index contributed by atoms with van der Waals surface area (Å²) in [4.78, 5) is 18.2. The second kappa shape index (κ2) is 12.4. The Morgan fingerprint density at radius 2 is 1.61 bits per heavy atom. The number of benzene rings is 1. The molecule has 0 fully saturated rings. The van der Waals surface area contributed by atoms with Crippen LogP contribution in [0.4, 0.5) is 0 Å². The van der Waals surface area contributed by atoms with Gasteiger partial charge in [-0.05, 0) is 19.1 Å². The number of aliphatic carboxylic acids is 2. The summed E-state index contributed by atoms with van der Waals surface area (Å²) in [7, 11) is 0. The fraction of sp³-hybridized carbons (Fsp3) is 0.500. The van der Waals surface area contributed by atoms with Gasteiger partial charge >= 0.3 is 11.9 Å². The number of nitrogens with one attached hydrogen (secondary N) is 1. The molecule has 1 aromatic carbocycles. The molecule has 0 atom stereocenters. The molecular formula is C16H25NO6. The van der Waals surface area contributed by atoms with E-state index in [-0.39, 0.29) is 0 Å². The van der Waals surface area contributed by atoms with Gasteiger partial charge in [0.2, 0.25) is 0 Å². The van der Waals surface area contributed by atoms with E-state index in [1.165, 1.54) is 5.56 Å². The van der Waals surface area contributed by atoms with Crippen LogP contribution in [0.1, 0.15) is 19.4 Å². The van der Waals surface area contributed by atoms with Gasteiger partial charge in [-0.25, -0.2) is 9.59 Å². The van der Waals surface area contributed by atoms with E-state index in [2.05, 4.69) is 26.1 Å². The Labute approximate surface area is 136 Å². The molecule has 0 saturated heterocycles. The van der Waals surface area contributed by atoms with Crippen molar-refractivity contribution in [2.24, 2.45) is 0 Å². The van der Waals surface area contributed by atoms with Crippen molar-refractivity contribution in [3.8, 4) is 5.75 Å². The van der Waals surface area contributed by atoms with Crippen LogP contribution in [0.25, 0.3) is 0 Å². The highest BCUT2D eigenvalue weighted by atomic mass is 16.5. The van der Waals surface area contributed by atoms with E-state index >= 15 is 0 Å². The molecule has 7 heteroatoms. The molecular weight excluding hydrogens is 302 g/mol. The minimum Gasteiger partial charge on any atom is -0.491 e. The molecule has 0 aliphatic rings. The lowest BCUT2D eigenvalue weighted by atomic mass is 10.2. The lowest BCUT2D eigenvalue weighted by Crippen LogP contribution is -2.27. The summed E-state index contributed by atoms with van der Waals surface area (Å²) in [6.07, 6.45) is 0. The van der Waals surface area contributed by atoms with E-state index in [4.69, 9.17) is 29.3 Å². The number of carboxylic acids is 2. The van der Waals surface area contributed by atoms with Gasteiger partial charge in [0.15, 0.2) is 0 Å². The highest BCUT2D eigenvalue weighted by Crippen LogP contribution is 2.10. The zero-order chi connectivity index (χ0) is 17.7. The number of carboxylic acid groups (broad SMARTS) is 2. The maximum absolute atomic E-state index is 9.10. The predicted octanol–water partition coefficient (Wildman–Crippen LogP) is 1.54. The highest BCUT2D eigenvalue weighted by molar-refractivity contribution is 6.27. The van der Waals surface area contributed by atoms with Gasteiger partial charge in [-0.1, -0.05) is 31.5 Å². The van der Waals surface area contributed by atoms with Crippen LogP contribution in [0, 0.1) is 6.92 Å². The Balaban J connectivity index is 0.000000688. The zero-order valence-corrected chi connectivity index (χ0v) is 13.7.